The quantitative estimate of drug-likeness (QED) is 0.752. The highest BCUT2D eigenvalue weighted by Crippen LogP contribution is 2.16. The molecule has 0 saturated carbocycles. The van der Waals surface area contributed by atoms with Crippen LogP contribution in [0.3, 0.4) is 0 Å². The van der Waals surface area contributed by atoms with E-state index in [-0.39, 0.29) is 5.82 Å². The van der Waals surface area contributed by atoms with Crippen LogP contribution in [0.2, 0.25) is 0 Å². The van der Waals surface area contributed by atoms with Crippen molar-refractivity contribution in [1.82, 2.24) is 20.2 Å². The first-order valence-electron chi connectivity index (χ1n) is 7.53. The Morgan fingerprint density at radius 2 is 1.83 bits per heavy atom. The average Bonchev–Trinajstić information content (AvgIpc) is 2.63. The minimum Gasteiger partial charge on any atom is -0.342 e. The van der Waals surface area contributed by atoms with Gasteiger partial charge in [0.25, 0.3) is 0 Å². The molecule has 6 nitrogen and oxygen atoms in total. The lowest BCUT2D eigenvalue weighted by Gasteiger charge is -2.17. The van der Waals surface area contributed by atoms with E-state index >= 15 is 0 Å². The molecule has 0 amide bonds. The Morgan fingerprint density at radius 3 is 2.58 bits per heavy atom. The summed E-state index contributed by atoms with van der Waals surface area (Å²) in [6.07, 6.45) is 5.95. The predicted molar refractivity (Wildman–Crippen MR) is 90.7 cm³/mol. The van der Waals surface area contributed by atoms with Gasteiger partial charge in [-0.3, -0.25) is 4.98 Å². The maximum atomic E-state index is 12.9. The summed E-state index contributed by atoms with van der Waals surface area (Å²) < 4.78 is 12.9. The largest absolute Gasteiger partial charge is 0.342 e. The molecular formula is C17H17FN6. The number of hydrogen-bond acceptors (Lipinski definition) is 6. The van der Waals surface area contributed by atoms with Gasteiger partial charge in [0, 0.05) is 31.7 Å². The number of nitrogens with zero attached hydrogens (tertiary/aromatic N) is 5. The summed E-state index contributed by atoms with van der Waals surface area (Å²) >= 11 is 0. The molecule has 0 bridgehead atoms. The van der Waals surface area contributed by atoms with Crippen molar-refractivity contribution < 1.29 is 4.39 Å². The predicted octanol–water partition coefficient (Wildman–Crippen LogP) is 2.83. The van der Waals surface area contributed by atoms with Gasteiger partial charge < -0.3 is 10.2 Å². The number of pyridine rings is 1. The van der Waals surface area contributed by atoms with E-state index < -0.39 is 0 Å². The molecule has 7 heteroatoms. The van der Waals surface area contributed by atoms with Gasteiger partial charge >= 0.3 is 0 Å². The summed E-state index contributed by atoms with van der Waals surface area (Å²) in [7, 11) is 1.92. The molecule has 1 N–H and O–H groups in total. The second-order valence-electron chi connectivity index (χ2n) is 5.30. The van der Waals surface area contributed by atoms with Gasteiger partial charge in [0.15, 0.2) is 5.82 Å². The Kier molecular flexibility index (Phi) is 4.90. The highest BCUT2D eigenvalue weighted by molar-refractivity contribution is 5.55. The smallest absolute Gasteiger partial charge is 0.247 e. The number of aromatic nitrogens is 4. The number of nitrogens with one attached hydrogen (secondary N) is 1. The van der Waals surface area contributed by atoms with E-state index in [2.05, 4.69) is 25.5 Å². The van der Waals surface area contributed by atoms with Gasteiger partial charge in [-0.25, -0.2) is 4.39 Å². The van der Waals surface area contributed by atoms with Crippen molar-refractivity contribution in [3.05, 3.63) is 66.4 Å². The molecule has 0 fully saturated rings. The Morgan fingerprint density at radius 1 is 1.08 bits per heavy atom. The van der Waals surface area contributed by atoms with Crippen molar-refractivity contribution in [2.75, 3.05) is 23.8 Å². The molecule has 0 aliphatic rings. The van der Waals surface area contributed by atoms with E-state index in [1.165, 1.54) is 23.9 Å². The van der Waals surface area contributed by atoms with Crippen molar-refractivity contribution in [3.63, 3.8) is 0 Å². The summed E-state index contributed by atoms with van der Waals surface area (Å²) in [5.74, 6) is 0.802. The fourth-order valence-electron chi connectivity index (χ4n) is 2.14. The molecule has 1 aromatic carbocycles. The second-order valence-corrected chi connectivity index (χ2v) is 5.30. The molecule has 2 heterocycles. The van der Waals surface area contributed by atoms with E-state index in [1.807, 2.05) is 24.1 Å². The van der Waals surface area contributed by atoms with Crippen LogP contribution < -0.4 is 10.2 Å². The minimum atomic E-state index is -0.280. The standard InChI is InChI=1S/C17H17FN6/c1-24(11-8-13-6-9-19-10-7-13)17-22-16(12-20-23-17)21-15-4-2-14(18)3-5-15/h2-7,9-10,12H,8,11H2,1H3,(H,21,22,23). The van der Waals surface area contributed by atoms with Gasteiger partial charge in [-0.15, -0.1) is 5.10 Å². The number of rotatable bonds is 6. The monoisotopic (exact) mass is 324 g/mol. The first kappa shape index (κ1) is 15.8. The maximum Gasteiger partial charge on any atom is 0.247 e. The van der Waals surface area contributed by atoms with Gasteiger partial charge in [0.2, 0.25) is 5.95 Å². The summed E-state index contributed by atoms with van der Waals surface area (Å²) in [4.78, 5) is 10.4. The number of anilines is 3. The minimum absolute atomic E-state index is 0.280. The topological polar surface area (TPSA) is 66.8 Å². The van der Waals surface area contributed by atoms with Crippen LogP contribution in [0.15, 0.2) is 55.0 Å². The molecule has 3 rings (SSSR count). The molecule has 0 aliphatic heterocycles. The average molecular weight is 324 g/mol. The number of likely N-dealkylation sites (N-methyl/N-ethyl adjacent to an activating group) is 1. The van der Waals surface area contributed by atoms with E-state index in [1.54, 1.807) is 24.5 Å². The van der Waals surface area contributed by atoms with Gasteiger partial charge in [0.1, 0.15) is 5.82 Å². The third-order valence-electron chi connectivity index (χ3n) is 3.49. The van der Waals surface area contributed by atoms with Crippen molar-refractivity contribution in [2.24, 2.45) is 0 Å². The van der Waals surface area contributed by atoms with Gasteiger partial charge in [-0.05, 0) is 48.4 Å². The van der Waals surface area contributed by atoms with Gasteiger partial charge in [-0.2, -0.15) is 10.1 Å². The lowest BCUT2D eigenvalue weighted by Crippen LogP contribution is -2.23. The summed E-state index contributed by atoms with van der Waals surface area (Å²) in [6, 6.07) is 10.0. The molecule has 0 atom stereocenters. The van der Waals surface area contributed by atoms with Crippen molar-refractivity contribution >= 4 is 17.5 Å². The number of halogens is 1. The van der Waals surface area contributed by atoms with Crippen LogP contribution in [0, 0.1) is 5.82 Å². The van der Waals surface area contributed by atoms with Crippen LogP contribution in [0.1, 0.15) is 5.56 Å². The van der Waals surface area contributed by atoms with Crippen LogP contribution in [0.5, 0.6) is 0 Å². The third kappa shape index (κ3) is 4.22. The molecule has 0 spiro atoms. The van der Waals surface area contributed by atoms with Crippen LogP contribution >= 0.6 is 0 Å². The third-order valence-corrected chi connectivity index (χ3v) is 3.49. The van der Waals surface area contributed by atoms with Crippen LogP contribution in [0.4, 0.5) is 21.8 Å². The SMILES string of the molecule is CN(CCc1ccncc1)c1nncc(Nc2ccc(F)cc2)n1. The molecule has 0 unspecified atom stereocenters. The van der Waals surface area contributed by atoms with Crippen molar-refractivity contribution in [1.29, 1.82) is 0 Å². The first-order valence-corrected chi connectivity index (χ1v) is 7.53. The molecule has 122 valence electrons. The molecule has 0 saturated heterocycles. The zero-order valence-corrected chi connectivity index (χ0v) is 13.2. The Bertz CT molecular complexity index is 779. The zero-order valence-electron chi connectivity index (χ0n) is 13.2. The molecule has 3 aromatic rings. The fraction of sp³-hybridized carbons (Fsp3) is 0.176. The van der Waals surface area contributed by atoms with E-state index in [4.69, 9.17) is 0 Å². The summed E-state index contributed by atoms with van der Waals surface area (Å²) in [5.41, 5.74) is 1.94. The highest BCUT2D eigenvalue weighted by Gasteiger charge is 2.07. The summed E-state index contributed by atoms with van der Waals surface area (Å²) in [5, 5.41) is 11.1. The van der Waals surface area contributed by atoms with E-state index in [0.717, 1.165) is 18.7 Å². The fourth-order valence-corrected chi connectivity index (χ4v) is 2.14. The molecule has 0 radical (unpaired) electrons. The lowest BCUT2D eigenvalue weighted by atomic mass is 10.2. The van der Waals surface area contributed by atoms with Crippen molar-refractivity contribution in [2.45, 2.75) is 6.42 Å². The van der Waals surface area contributed by atoms with Crippen LogP contribution in [-0.2, 0) is 6.42 Å². The van der Waals surface area contributed by atoms with E-state index in [9.17, 15) is 4.39 Å². The van der Waals surface area contributed by atoms with Gasteiger partial charge in [0.05, 0.1) is 6.20 Å². The molecular weight excluding hydrogens is 307 g/mol. The Balaban J connectivity index is 1.64. The van der Waals surface area contributed by atoms with Crippen molar-refractivity contribution in [3.8, 4) is 0 Å². The van der Waals surface area contributed by atoms with Crippen LogP contribution in [0.25, 0.3) is 0 Å². The summed E-state index contributed by atoms with van der Waals surface area (Å²) in [6.45, 7) is 0.756. The normalized spacial score (nSPS) is 10.4. The molecule has 24 heavy (non-hydrogen) atoms. The first-order chi connectivity index (χ1) is 11.7. The molecule has 0 aliphatic carbocycles. The Hall–Kier alpha value is -3.09. The number of benzene rings is 1. The lowest BCUT2D eigenvalue weighted by molar-refractivity contribution is 0.628. The van der Waals surface area contributed by atoms with E-state index in [0.29, 0.717) is 11.8 Å². The highest BCUT2D eigenvalue weighted by atomic mass is 19.1. The molecule has 2 aromatic heterocycles. The maximum absolute atomic E-state index is 12.9. The second kappa shape index (κ2) is 7.45. The zero-order chi connectivity index (χ0) is 16.8. The Labute approximate surface area is 139 Å². The number of hydrogen-bond donors (Lipinski definition) is 1. The van der Waals surface area contributed by atoms with Crippen LogP contribution in [-0.4, -0.2) is 33.8 Å². The van der Waals surface area contributed by atoms with Gasteiger partial charge in [-0.1, -0.05) is 0 Å².